The summed E-state index contributed by atoms with van der Waals surface area (Å²) in [4.78, 5) is 0. The van der Waals surface area contributed by atoms with Crippen molar-refractivity contribution in [1.29, 1.82) is 0 Å². The third kappa shape index (κ3) is 2.61. The van der Waals surface area contributed by atoms with Crippen LogP contribution in [0.2, 0.25) is 0 Å². The summed E-state index contributed by atoms with van der Waals surface area (Å²) in [5, 5.41) is 36.2. The van der Waals surface area contributed by atoms with E-state index in [0.717, 1.165) is 11.8 Å². The first kappa shape index (κ1) is 11.2. The molecule has 4 nitrogen and oxygen atoms in total. The van der Waals surface area contributed by atoms with E-state index in [1.807, 2.05) is 0 Å². The molecule has 0 aromatic heterocycles. The summed E-state index contributed by atoms with van der Waals surface area (Å²) >= 11 is 0.871. The largest absolute Gasteiger partial charge is 0.387 e. The Hall–Kier alpha value is 0.190. The highest BCUT2D eigenvalue weighted by Crippen LogP contribution is 2.21. The van der Waals surface area contributed by atoms with Crippen LogP contribution in [0.1, 0.15) is 13.3 Å². The van der Waals surface area contributed by atoms with Crippen LogP contribution in [0, 0.1) is 0 Å². The minimum Gasteiger partial charge on any atom is -0.387 e. The van der Waals surface area contributed by atoms with E-state index in [0.29, 0.717) is 0 Å². The second-order valence-electron chi connectivity index (χ2n) is 2.30. The van der Waals surface area contributed by atoms with E-state index in [9.17, 15) is 0 Å². The maximum Gasteiger partial charge on any atom is 0.226 e. The van der Waals surface area contributed by atoms with Crippen molar-refractivity contribution in [3.05, 3.63) is 0 Å². The lowest BCUT2D eigenvalue weighted by Gasteiger charge is -2.29. The van der Waals surface area contributed by atoms with Gasteiger partial charge < -0.3 is 20.4 Å². The van der Waals surface area contributed by atoms with Gasteiger partial charge in [-0.05, 0) is 12.7 Å². The Morgan fingerprint density at radius 2 is 1.82 bits per heavy atom. The molecule has 0 radical (unpaired) electrons. The molecule has 0 saturated carbocycles. The van der Waals surface area contributed by atoms with E-state index < -0.39 is 17.3 Å². The average molecular weight is 182 g/mol. The van der Waals surface area contributed by atoms with E-state index in [-0.39, 0.29) is 6.42 Å². The fourth-order valence-corrected chi connectivity index (χ4v) is 1.14. The van der Waals surface area contributed by atoms with Crippen molar-refractivity contribution in [2.75, 3.05) is 6.26 Å². The molecule has 0 spiro atoms. The van der Waals surface area contributed by atoms with Crippen LogP contribution in [0.5, 0.6) is 0 Å². The van der Waals surface area contributed by atoms with Crippen molar-refractivity contribution >= 4 is 11.8 Å². The minimum atomic E-state index is -2.41. The lowest BCUT2D eigenvalue weighted by atomic mass is 10.1. The molecule has 4 N–H and O–H groups in total. The molecular formula is C6H14O4S. The predicted octanol–water partition coefficient (Wildman–Crippen LogP) is -0.880. The van der Waals surface area contributed by atoms with Crippen molar-refractivity contribution in [1.82, 2.24) is 0 Å². The van der Waals surface area contributed by atoms with Gasteiger partial charge in [0.05, 0.1) is 0 Å². The Bertz CT molecular complexity index is 105. The normalized spacial score (nSPS) is 18.0. The highest BCUT2D eigenvalue weighted by atomic mass is 32.2. The van der Waals surface area contributed by atoms with Crippen LogP contribution >= 0.6 is 11.8 Å². The zero-order valence-corrected chi connectivity index (χ0v) is 7.38. The molecule has 0 bridgehead atoms. The van der Waals surface area contributed by atoms with Crippen molar-refractivity contribution < 1.29 is 20.4 Å². The number of thioether (sulfide) groups is 1. The van der Waals surface area contributed by atoms with Gasteiger partial charge in [0.15, 0.2) is 5.44 Å². The summed E-state index contributed by atoms with van der Waals surface area (Å²) in [5.74, 6) is -2.41. The van der Waals surface area contributed by atoms with E-state index in [1.165, 1.54) is 6.26 Å². The molecule has 0 amide bonds. The molecule has 0 fully saturated rings. The van der Waals surface area contributed by atoms with Crippen molar-refractivity contribution in [2.45, 2.75) is 30.7 Å². The Kier molecular flexibility index (Phi) is 4.35. The van der Waals surface area contributed by atoms with Crippen LogP contribution < -0.4 is 0 Å². The smallest absolute Gasteiger partial charge is 0.226 e. The molecule has 0 rings (SSSR count). The first-order chi connectivity index (χ1) is 4.96. The summed E-state index contributed by atoms with van der Waals surface area (Å²) in [5.41, 5.74) is -1.38. The summed E-state index contributed by atoms with van der Waals surface area (Å²) in [6.07, 6.45) is 0.392. The van der Waals surface area contributed by atoms with Gasteiger partial charge in [-0.1, -0.05) is 6.92 Å². The Labute approximate surface area is 69.9 Å². The van der Waals surface area contributed by atoms with Gasteiger partial charge in [-0.15, -0.1) is 11.8 Å². The summed E-state index contributed by atoms with van der Waals surface area (Å²) in [6, 6.07) is 0. The van der Waals surface area contributed by atoms with Gasteiger partial charge in [-0.2, -0.15) is 0 Å². The quantitative estimate of drug-likeness (QED) is 0.424. The molecule has 0 heterocycles. The predicted molar refractivity (Wildman–Crippen MR) is 43.0 cm³/mol. The lowest BCUT2D eigenvalue weighted by molar-refractivity contribution is -0.253. The van der Waals surface area contributed by atoms with Gasteiger partial charge in [-0.3, -0.25) is 0 Å². The van der Waals surface area contributed by atoms with Crippen LogP contribution in [0.4, 0.5) is 0 Å². The third-order valence-corrected chi connectivity index (χ3v) is 2.26. The molecule has 11 heavy (non-hydrogen) atoms. The summed E-state index contributed by atoms with van der Waals surface area (Å²) < 4.78 is 0. The Morgan fingerprint density at radius 1 is 1.36 bits per heavy atom. The van der Waals surface area contributed by atoms with E-state index in [1.54, 1.807) is 6.92 Å². The van der Waals surface area contributed by atoms with Gasteiger partial charge in [0.1, 0.15) is 6.10 Å². The minimum absolute atomic E-state index is 0.185. The third-order valence-electron chi connectivity index (χ3n) is 1.46. The number of aliphatic hydroxyl groups excluding tert-OH is 2. The second kappa shape index (κ2) is 4.27. The topological polar surface area (TPSA) is 80.9 Å². The van der Waals surface area contributed by atoms with Crippen LogP contribution in [0.15, 0.2) is 0 Å². The molecule has 0 aliphatic rings. The standard InChI is InChI=1S/C6H14O4S/c1-3-4(7)6(9,10)5(8)11-2/h4-5,7-10H,3H2,1-2H3. The highest BCUT2D eigenvalue weighted by Gasteiger charge is 2.39. The number of hydrogen-bond acceptors (Lipinski definition) is 5. The Balaban J connectivity index is 4.18. The van der Waals surface area contributed by atoms with Crippen LogP contribution in [-0.4, -0.2) is 44.0 Å². The number of rotatable bonds is 4. The molecule has 0 aliphatic heterocycles. The van der Waals surface area contributed by atoms with Gasteiger partial charge >= 0.3 is 0 Å². The van der Waals surface area contributed by atoms with Crippen LogP contribution in [0.3, 0.4) is 0 Å². The summed E-state index contributed by atoms with van der Waals surface area (Å²) in [6.45, 7) is 1.60. The van der Waals surface area contributed by atoms with E-state index in [4.69, 9.17) is 20.4 Å². The molecule has 2 atom stereocenters. The van der Waals surface area contributed by atoms with Crippen molar-refractivity contribution in [2.24, 2.45) is 0 Å². The maximum atomic E-state index is 9.09. The summed E-state index contributed by atoms with van der Waals surface area (Å²) in [7, 11) is 0. The highest BCUT2D eigenvalue weighted by molar-refractivity contribution is 7.99. The fraction of sp³-hybridized carbons (Fsp3) is 1.00. The van der Waals surface area contributed by atoms with Gasteiger partial charge in [0, 0.05) is 0 Å². The van der Waals surface area contributed by atoms with Crippen molar-refractivity contribution in [3.8, 4) is 0 Å². The van der Waals surface area contributed by atoms with Crippen LogP contribution in [0.25, 0.3) is 0 Å². The van der Waals surface area contributed by atoms with Gasteiger partial charge in [-0.25, -0.2) is 0 Å². The Morgan fingerprint density at radius 3 is 2.09 bits per heavy atom. The molecule has 2 unspecified atom stereocenters. The average Bonchev–Trinajstić information content (AvgIpc) is 2.01. The van der Waals surface area contributed by atoms with Crippen LogP contribution in [-0.2, 0) is 0 Å². The maximum absolute atomic E-state index is 9.09. The number of aliphatic hydroxyl groups is 4. The zero-order valence-electron chi connectivity index (χ0n) is 6.56. The molecular weight excluding hydrogens is 168 g/mol. The lowest BCUT2D eigenvalue weighted by Crippen LogP contribution is -2.50. The first-order valence-electron chi connectivity index (χ1n) is 3.30. The molecule has 5 heteroatoms. The van der Waals surface area contributed by atoms with Gasteiger partial charge in [0.25, 0.3) is 0 Å². The van der Waals surface area contributed by atoms with E-state index >= 15 is 0 Å². The monoisotopic (exact) mass is 182 g/mol. The molecule has 0 aromatic rings. The molecule has 68 valence electrons. The molecule has 0 saturated heterocycles. The van der Waals surface area contributed by atoms with Crippen molar-refractivity contribution in [3.63, 3.8) is 0 Å². The first-order valence-corrected chi connectivity index (χ1v) is 4.59. The SMILES string of the molecule is CCC(O)C(O)(O)C(O)SC. The van der Waals surface area contributed by atoms with E-state index in [2.05, 4.69) is 0 Å². The van der Waals surface area contributed by atoms with Gasteiger partial charge in [0.2, 0.25) is 5.79 Å². The second-order valence-corrected chi connectivity index (χ2v) is 3.21. The fourth-order valence-electron chi connectivity index (χ4n) is 0.638. The molecule has 0 aromatic carbocycles. The number of hydrogen-bond donors (Lipinski definition) is 4. The molecule has 0 aliphatic carbocycles. The zero-order chi connectivity index (χ0) is 9.07.